The molecule has 1 atom stereocenters. The number of hydrogen-bond donors (Lipinski definition) is 1. The van der Waals surface area contributed by atoms with Crippen molar-refractivity contribution in [2.75, 3.05) is 0 Å². The summed E-state index contributed by atoms with van der Waals surface area (Å²) in [4.78, 5) is 40.9. The fourth-order valence-electron chi connectivity index (χ4n) is 5.42. The van der Waals surface area contributed by atoms with E-state index in [-0.39, 0.29) is 11.4 Å². The number of carbonyl (C=O) groups excluding carboxylic acids is 1. The zero-order valence-electron chi connectivity index (χ0n) is 19.3. The van der Waals surface area contributed by atoms with Crippen LogP contribution in [0.4, 0.5) is 0 Å². The smallest absolute Gasteiger partial charge is 0.259 e. The number of nitrogens with one attached hydrogen (secondary N) is 1. The maximum Gasteiger partial charge on any atom is 0.259 e. The molecule has 35 heavy (non-hydrogen) atoms. The van der Waals surface area contributed by atoms with Gasteiger partial charge >= 0.3 is 0 Å². The van der Waals surface area contributed by atoms with Crippen molar-refractivity contribution >= 4 is 27.3 Å². The zero-order chi connectivity index (χ0) is 23.9. The number of aromatic amines is 1. The molecule has 1 aliphatic carbocycles. The average molecular weight is 484 g/mol. The van der Waals surface area contributed by atoms with Crippen LogP contribution in [-0.4, -0.2) is 25.3 Å². The molecule has 0 amide bonds. The molecule has 0 saturated carbocycles. The van der Waals surface area contributed by atoms with Gasteiger partial charge in [0.05, 0.1) is 11.5 Å². The molecular weight excluding hydrogens is 458 g/mol. The van der Waals surface area contributed by atoms with E-state index in [1.807, 2.05) is 30.3 Å². The van der Waals surface area contributed by atoms with Crippen LogP contribution in [0.1, 0.15) is 70.5 Å². The number of fused-ring (bicyclic) bond motifs is 4. The fourth-order valence-corrected chi connectivity index (χ4v) is 6.69. The number of ketones is 1. The SMILES string of the molecule is N#CC(C(=O)c1nc(-c2ccccc2)n2c1CCCCC2)c1nc2sc3c(c2c(=O)[nH]1)CCCC3. The zero-order valence-corrected chi connectivity index (χ0v) is 20.2. The van der Waals surface area contributed by atoms with Gasteiger partial charge in [0, 0.05) is 22.7 Å². The van der Waals surface area contributed by atoms with E-state index in [1.165, 1.54) is 16.2 Å². The summed E-state index contributed by atoms with van der Waals surface area (Å²) < 4.78 is 2.14. The average Bonchev–Trinajstić information content (AvgIpc) is 3.34. The van der Waals surface area contributed by atoms with Gasteiger partial charge in [0.15, 0.2) is 5.92 Å². The lowest BCUT2D eigenvalue weighted by atomic mass is 9.97. The topological polar surface area (TPSA) is 104 Å². The number of thiophene rings is 1. The Labute approximate surface area is 206 Å². The minimum Gasteiger partial charge on any atom is -0.327 e. The Morgan fingerprint density at radius 2 is 1.86 bits per heavy atom. The highest BCUT2D eigenvalue weighted by molar-refractivity contribution is 7.18. The molecule has 8 heteroatoms. The third kappa shape index (κ3) is 3.71. The maximum absolute atomic E-state index is 13.8. The normalized spacial score (nSPS) is 16.2. The molecule has 3 aromatic heterocycles. The summed E-state index contributed by atoms with van der Waals surface area (Å²) in [5.41, 5.74) is 2.97. The molecule has 1 unspecified atom stereocenters. The summed E-state index contributed by atoms with van der Waals surface area (Å²) >= 11 is 1.52. The van der Waals surface area contributed by atoms with E-state index >= 15 is 0 Å². The van der Waals surface area contributed by atoms with Crippen molar-refractivity contribution < 1.29 is 4.79 Å². The molecule has 4 heterocycles. The standard InChI is InChI=1S/C27H25N5O2S/c28-15-18(24-30-26(34)21-17-11-6-7-13-20(17)35-27(21)31-24)23(33)22-19-12-5-2-8-14-32(19)25(29-22)16-9-3-1-4-10-16/h1,3-4,9-10,18H,2,5-8,11-14H2,(H,30,31,34). The highest BCUT2D eigenvalue weighted by Crippen LogP contribution is 2.35. The van der Waals surface area contributed by atoms with E-state index in [0.717, 1.165) is 80.6 Å². The Balaban J connectivity index is 1.45. The first kappa shape index (κ1) is 21.9. The van der Waals surface area contributed by atoms with Gasteiger partial charge in [-0.3, -0.25) is 9.59 Å². The molecule has 4 aromatic rings. The first-order valence-electron chi connectivity index (χ1n) is 12.3. The van der Waals surface area contributed by atoms with E-state index in [2.05, 4.69) is 20.6 Å². The van der Waals surface area contributed by atoms with Crippen molar-refractivity contribution in [2.24, 2.45) is 0 Å². The second kappa shape index (κ2) is 8.90. The van der Waals surface area contributed by atoms with Gasteiger partial charge in [-0.2, -0.15) is 5.26 Å². The van der Waals surface area contributed by atoms with E-state index in [1.54, 1.807) is 0 Å². The lowest BCUT2D eigenvalue weighted by Crippen LogP contribution is -2.21. The number of Topliss-reactive ketones (excluding diaryl/α,β-unsaturated/α-hetero) is 1. The molecule has 1 aromatic carbocycles. The van der Waals surface area contributed by atoms with Gasteiger partial charge in [-0.15, -0.1) is 11.3 Å². The Morgan fingerprint density at radius 1 is 1.06 bits per heavy atom. The number of imidazole rings is 1. The molecule has 176 valence electrons. The van der Waals surface area contributed by atoms with Gasteiger partial charge in [-0.25, -0.2) is 9.97 Å². The largest absolute Gasteiger partial charge is 0.327 e. The van der Waals surface area contributed by atoms with E-state index in [0.29, 0.717) is 15.9 Å². The minimum atomic E-state index is -1.21. The monoisotopic (exact) mass is 483 g/mol. The van der Waals surface area contributed by atoms with E-state index < -0.39 is 11.7 Å². The van der Waals surface area contributed by atoms with Crippen LogP contribution in [0.25, 0.3) is 21.6 Å². The van der Waals surface area contributed by atoms with Crippen LogP contribution in [0.2, 0.25) is 0 Å². The maximum atomic E-state index is 13.8. The third-order valence-electron chi connectivity index (χ3n) is 7.14. The van der Waals surface area contributed by atoms with Gasteiger partial charge in [0.2, 0.25) is 5.78 Å². The van der Waals surface area contributed by atoms with Crippen LogP contribution >= 0.6 is 11.3 Å². The van der Waals surface area contributed by atoms with Gasteiger partial charge in [-0.1, -0.05) is 36.8 Å². The lowest BCUT2D eigenvalue weighted by molar-refractivity contribution is 0.0970. The second-order valence-corrected chi connectivity index (χ2v) is 10.4. The number of nitriles is 1. The number of H-pyrrole nitrogens is 1. The molecule has 6 rings (SSSR count). The van der Waals surface area contributed by atoms with Crippen LogP contribution in [-0.2, 0) is 25.8 Å². The first-order chi connectivity index (χ1) is 17.2. The number of rotatable bonds is 4. The highest BCUT2D eigenvalue weighted by Gasteiger charge is 2.32. The number of aromatic nitrogens is 4. The molecule has 0 saturated heterocycles. The summed E-state index contributed by atoms with van der Waals surface area (Å²) in [5.74, 6) is -0.738. The number of aryl methyl sites for hydroxylation is 2. The van der Waals surface area contributed by atoms with Gasteiger partial charge in [-0.05, 0) is 50.5 Å². The highest BCUT2D eigenvalue weighted by atomic mass is 32.1. The van der Waals surface area contributed by atoms with Crippen molar-refractivity contribution in [3.63, 3.8) is 0 Å². The minimum absolute atomic E-state index is 0.116. The quantitative estimate of drug-likeness (QED) is 0.414. The number of hydrogen-bond acceptors (Lipinski definition) is 6. The van der Waals surface area contributed by atoms with Crippen LogP contribution in [0.15, 0.2) is 35.1 Å². The van der Waals surface area contributed by atoms with Gasteiger partial charge in [0.25, 0.3) is 5.56 Å². The summed E-state index contributed by atoms with van der Waals surface area (Å²) in [6.45, 7) is 0.791. The molecule has 7 nitrogen and oxygen atoms in total. The van der Waals surface area contributed by atoms with Gasteiger partial charge < -0.3 is 9.55 Å². The molecular formula is C27H25N5O2S. The van der Waals surface area contributed by atoms with Gasteiger partial charge in [0.1, 0.15) is 22.2 Å². The van der Waals surface area contributed by atoms with Crippen LogP contribution in [0.3, 0.4) is 0 Å². The summed E-state index contributed by atoms with van der Waals surface area (Å²) in [6.07, 6.45) is 7.82. The summed E-state index contributed by atoms with van der Waals surface area (Å²) in [5, 5.41) is 10.7. The number of nitrogens with zero attached hydrogens (tertiary/aromatic N) is 4. The molecule has 0 fully saturated rings. The predicted octanol–water partition coefficient (Wildman–Crippen LogP) is 4.94. The summed E-state index contributed by atoms with van der Waals surface area (Å²) in [7, 11) is 0. The van der Waals surface area contributed by atoms with Crippen LogP contribution in [0, 0.1) is 11.3 Å². The third-order valence-corrected chi connectivity index (χ3v) is 8.33. The number of carbonyl (C=O) groups is 1. The predicted molar refractivity (Wildman–Crippen MR) is 135 cm³/mol. The fraction of sp³-hybridized carbons (Fsp3) is 0.370. The van der Waals surface area contributed by atoms with Crippen molar-refractivity contribution in [3.8, 4) is 17.5 Å². The van der Waals surface area contributed by atoms with Crippen molar-refractivity contribution in [1.82, 2.24) is 19.5 Å². The van der Waals surface area contributed by atoms with Crippen molar-refractivity contribution in [1.29, 1.82) is 5.26 Å². The number of benzene rings is 1. The molecule has 1 N–H and O–H groups in total. The van der Waals surface area contributed by atoms with Crippen molar-refractivity contribution in [2.45, 2.75) is 63.8 Å². The van der Waals surface area contributed by atoms with Crippen molar-refractivity contribution in [3.05, 3.63) is 68.3 Å². The Hall–Kier alpha value is -3.57. The Bertz CT molecular complexity index is 1540. The lowest BCUT2D eigenvalue weighted by Gasteiger charge is -2.10. The van der Waals surface area contributed by atoms with E-state index in [4.69, 9.17) is 4.98 Å². The Kier molecular flexibility index (Phi) is 5.57. The first-order valence-corrected chi connectivity index (χ1v) is 13.1. The molecule has 0 bridgehead atoms. The molecule has 0 spiro atoms. The molecule has 1 aliphatic heterocycles. The second-order valence-electron chi connectivity index (χ2n) is 9.33. The molecule has 0 radical (unpaired) electrons. The molecule has 2 aliphatic rings. The Morgan fingerprint density at radius 3 is 2.69 bits per heavy atom. The van der Waals surface area contributed by atoms with Crippen LogP contribution < -0.4 is 5.56 Å². The summed E-state index contributed by atoms with van der Waals surface area (Å²) in [6, 6.07) is 12.0. The van der Waals surface area contributed by atoms with E-state index in [9.17, 15) is 14.9 Å². The van der Waals surface area contributed by atoms with Crippen LogP contribution in [0.5, 0.6) is 0 Å².